The first-order chi connectivity index (χ1) is 11.7. The maximum atomic E-state index is 12.4. The third kappa shape index (κ3) is 2.22. The van der Waals surface area contributed by atoms with Crippen LogP contribution in [0.2, 0.25) is 0 Å². The molecule has 0 radical (unpaired) electrons. The topological polar surface area (TPSA) is 37.4 Å². The molecule has 24 heavy (non-hydrogen) atoms. The van der Waals surface area contributed by atoms with Crippen molar-refractivity contribution in [3.8, 4) is 0 Å². The molecule has 0 aromatic heterocycles. The summed E-state index contributed by atoms with van der Waals surface area (Å²) in [7, 11) is 0. The second-order valence-electron chi connectivity index (χ2n) is 5.60. The molecule has 2 aromatic rings. The van der Waals surface area contributed by atoms with E-state index in [1.807, 2.05) is 18.2 Å². The van der Waals surface area contributed by atoms with Gasteiger partial charge in [0.2, 0.25) is 0 Å². The smallest absolute Gasteiger partial charge is 0.197 e. The molecule has 0 amide bonds. The Kier molecular flexibility index (Phi) is 3.62. The summed E-state index contributed by atoms with van der Waals surface area (Å²) < 4.78 is 0. The molecule has 1 aliphatic heterocycles. The summed E-state index contributed by atoms with van der Waals surface area (Å²) in [6.07, 6.45) is 3.55. The minimum absolute atomic E-state index is 0.184. The molecule has 1 heterocycles. The fraction of sp³-hybridized carbons (Fsp3) is 0.100. The van der Waals surface area contributed by atoms with Crippen molar-refractivity contribution in [2.75, 3.05) is 11.4 Å². The van der Waals surface area contributed by atoms with Crippen molar-refractivity contribution in [1.82, 2.24) is 0 Å². The number of anilines is 1. The maximum absolute atomic E-state index is 12.4. The lowest BCUT2D eigenvalue weighted by Gasteiger charge is -2.17. The van der Waals surface area contributed by atoms with Crippen LogP contribution >= 0.6 is 11.8 Å². The van der Waals surface area contributed by atoms with E-state index in [-0.39, 0.29) is 17.1 Å². The molecule has 1 aliphatic carbocycles. The number of thioether (sulfide) groups is 1. The zero-order valence-corrected chi connectivity index (χ0v) is 14.0. The van der Waals surface area contributed by atoms with Crippen molar-refractivity contribution >= 4 is 29.0 Å². The Morgan fingerprint density at radius 1 is 0.917 bits per heavy atom. The zero-order valence-electron chi connectivity index (χ0n) is 13.2. The SMILES string of the molecule is CCN1/C(=C\C=C2C(=O)c3ccccc3C2=O)Sc2ccccc21. The van der Waals surface area contributed by atoms with Gasteiger partial charge in [-0.25, -0.2) is 0 Å². The van der Waals surface area contributed by atoms with Crippen molar-refractivity contribution in [2.24, 2.45) is 0 Å². The molecule has 0 atom stereocenters. The van der Waals surface area contributed by atoms with Gasteiger partial charge in [-0.2, -0.15) is 0 Å². The highest BCUT2D eigenvalue weighted by Gasteiger charge is 2.32. The normalized spacial score (nSPS) is 17.5. The molecular weight excluding hydrogens is 318 g/mol. The first kappa shape index (κ1) is 15.0. The van der Waals surface area contributed by atoms with Crippen LogP contribution in [0.1, 0.15) is 27.6 Å². The van der Waals surface area contributed by atoms with E-state index in [0.717, 1.165) is 11.6 Å². The van der Waals surface area contributed by atoms with Crippen LogP contribution in [-0.4, -0.2) is 18.1 Å². The molecule has 3 nitrogen and oxygen atoms in total. The largest absolute Gasteiger partial charge is 0.335 e. The molecule has 0 bridgehead atoms. The number of para-hydroxylation sites is 1. The molecule has 0 unspecified atom stereocenters. The van der Waals surface area contributed by atoms with Crippen LogP contribution in [0, 0.1) is 0 Å². The van der Waals surface area contributed by atoms with Crippen LogP contribution in [0.3, 0.4) is 0 Å². The number of allylic oxidation sites excluding steroid dienone is 3. The maximum Gasteiger partial charge on any atom is 0.197 e. The van der Waals surface area contributed by atoms with Gasteiger partial charge in [-0.15, -0.1) is 0 Å². The molecule has 4 heteroatoms. The second kappa shape index (κ2) is 5.80. The Morgan fingerprint density at radius 2 is 1.54 bits per heavy atom. The Labute approximate surface area is 144 Å². The fourth-order valence-corrected chi connectivity index (χ4v) is 4.21. The Bertz CT molecular complexity index is 890. The monoisotopic (exact) mass is 333 g/mol. The van der Waals surface area contributed by atoms with E-state index in [9.17, 15) is 9.59 Å². The van der Waals surface area contributed by atoms with Gasteiger partial charge in [0.05, 0.1) is 16.3 Å². The van der Waals surface area contributed by atoms with Gasteiger partial charge in [0.25, 0.3) is 0 Å². The van der Waals surface area contributed by atoms with E-state index < -0.39 is 0 Å². The first-order valence-corrected chi connectivity index (χ1v) is 8.67. The minimum atomic E-state index is -0.184. The van der Waals surface area contributed by atoms with Gasteiger partial charge >= 0.3 is 0 Å². The van der Waals surface area contributed by atoms with E-state index in [1.54, 1.807) is 42.1 Å². The summed E-state index contributed by atoms with van der Waals surface area (Å²) in [5.41, 5.74) is 2.42. The number of rotatable bonds is 2. The lowest BCUT2D eigenvalue weighted by molar-refractivity contribution is 0.0989. The number of carbonyl (C=O) groups excluding carboxylic acids is 2. The van der Waals surface area contributed by atoms with Gasteiger partial charge in [0, 0.05) is 22.6 Å². The van der Waals surface area contributed by atoms with Crippen molar-refractivity contribution < 1.29 is 9.59 Å². The van der Waals surface area contributed by atoms with Gasteiger partial charge < -0.3 is 4.90 Å². The summed E-state index contributed by atoms with van der Waals surface area (Å²) in [4.78, 5) is 28.3. The third-order valence-corrected chi connectivity index (χ3v) is 5.38. The van der Waals surface area contributed by atoms with Crippen molar-refractivity contribution in [3.05, 3.63) is 82.4 Å². The van der Waals surface area contributed by atoms with Crippen LogP contribution < -0.4 is 4.90 Å². The Morgan fingerprint density at radius 3 is 2.21 bits per heavy atom. The van der Waals surface area contributed by atoms with Gasteiger partial charge in [-0.3, -0.25) is 9.59 Å². The lowest BCUT2D eigenvalue weighted by Crippen LogP contribution is -2.16. The van der Waals surface area contributed by atoms with Crippen LogP contribution in [0.4, 0.5) is 5.69 Å². The average molecular weight is 333 g/mol. The van der Waals surface area contributed by atoms with Crippen LogP contribution in [0.5, 0.6) is 0 Å². The lowest BCUT2D eigenvalue weighted by atomic mass is 10.1. The molecule has 0 saturated carbocycles. The highest BCUT2D eigenvalue weighted by Crippen LogP contribution is 2.45. The highest BCUT2D eigenvalue weighted by molar-refractivity contribution is 8.03. The number of carbonyl (C=O) groups is 2. The molecule has 0 N–H and O–H groups in total. The number of hydrogen-bond acceptors (Lipinski definition) is 4. The predicted octanol–water partition coefficient (Wildman–Crippen LogP) is 4.47. The quantitative estimate of drug-likeness (QED) is 0.600. The molecular formula is C20H15NO2S. The molecule has 0 spiro atoms. The summed E-state index contributed by atoms with van der Waals surface area (Å²) in [6.45, 7) is 2.92. The summed E-state index contributed by atoms with van der Waals surface area (Å²) in [5.74, 6) is -0.369. The number of benzene rings is 2. The van der Waals surface area contributed by atoms with Crippen molar-refractivity contribution in [3.63, 3.8) is 0 Å². The summed E-state index contributed by atoms with van der Waals surface area (Å²) in [5, 5.41) is 1.03. The van der Waals surface area contributed by atoms with Gasteiger partial charge in [-0.05, 0) is 31.2 Å². The van der Waals surface area contributed by atoms with Crippen LogP contribution in [0.25, 0.3) is 0 Å². The van der Waals surface area contributed by atoms with E-state index in [1.165, 1.54) is 10.6 Å². The standard InChI is InChI=1S/C20H15NO2S/c1-2-21-16-9-5-6-10-17(16)24-18(21)12-11-15-19(22)13-7-3-4-8-14(13)20(15)23/h3-12H,2H2,1H3/b18-12+. The zero-order chi connectivity index (χ0) is 16.7. The Hall–Kier alpha value is -2.59. The van der Waals surface area contributed by atoms with Crippen LogP contribution in [-0.2, 0) is 0 Å². The fourth-order valence-electron chi connectivity index (χ4n) is 3.08. The van der Waals surface area contributed by atoms with Crippen LogP contribution in [0.15, 0.2) is 76.2 Å². The summed E-state index contributed by atoms with van der Waals surface area (Å²) in [6, 6.07) is 15.2. The second-order valence-corrected chi connectivity index (χ2v) is 6.67. The number of nitrogens with zero attached hydrogens (tertiary/aromatic N) is 1. The molecule has 0 saturated heterocycles. The highest BCUT2D eigenvalue weighted by atomic mass is 32.2. The molecule has 0 fully saturated rings. The molecule has 118 valence electrons. The van der Waals surface area contributed by atoms with E-state index in [2.05, 4.69) is 24.0 Å². The predicted molar refractivity (Wildman–Crippen MR) is 96.6 cm³/mol. The van der Waals surface area contributed by atoms with Gasteiger partial charge in [0.1, 0.15) is 0 Å². The molecule has 2 aromatic carbocycles. The minimum Gasteiger partial charge on any atom is -0.335 e. The number of fused-ring (bicyclic) bond motifs is 2. The van der Waals surface area contributed by atoms with Crippen molar-refractivity contribution in [1.29, 1.82) is 0 Å². The van der Waals surface area contributed by atoms with E-state index in [4.69, 9.17) is 0 Å². The third-order valence-electron chi connectivity index (χ3n) is 4.25. The van der Waals surface area contributed by atoms with Gasteiger partial charge in [0.15, 0.2) is 11.6 Å². The Balaban J connectivity index is 1.70. The molecule has 2 aliphatic rings. The van der Waals surface area contributed by atoms with Gasteiger partial charge in [-0.1, -0.05) is 48.2 Å². The first-order valence-electron chi connectivity index (χ1n) is 7.85. The number of hydrogen-bond donors (Lipinski definition) is 0. The van der Waals surface area contributed by atoms with E-state index >= 15 is 0 Å². The van der Waals surface area contributed by atoms with Crippen molar-refractivity contribution in [2.45, 2.75) is 11.8 Å². The number of ketones is 2. The number of Topliss-reactive ketones (excluding diaryl/α,β-unsaturated/α-hetero) is 2. The average Bonchev–Trinajstić information content (AvgIpc) is 3.09. The van der Waals surface area contributed by atoms with E-state index in [0.29, 0.717) is 11.1 Å². The summed E-state index contributed by atoms with van der Waals surface area (Å²) >= 11 is 1.66. The molecule has 4 rings (SSSR count).